The average Bonchev–Trinajstić information content (AvgIpc) is 2.33. The number of nitriles is 2. The largest absolute Gasteiger partial charge is 0.437 e. The second-order valence-electron chi connectivity index (χ2n) is 7.33. The van der Waals surface area contributed by atoms with Crippen molar-refractivity contribution >= 4 is 53.0 Å². The van der Waals surface area contributed by atoms with Crippen molar-refractivity contribution in [2.45, 2.75) is 45.8 Å². The molecule has 0 spiro atoms. The van der Waals surface area contributed by atoms with Crippen LogP contribution in [0.15, 0.2) is 12.1 Å². The molecule has 0 aliphatic carbocycles. The molecule has 0 amide bonds. The van der Waals surface area contributed by atoms with Gasteiger partial charge in [-0.25, -0.2) is 0 Å². The van der Waals surface area contributed by atoms with Crippen LogP contribution in [0.4, 0.5) is 0 Å². The van der Waals surface area contributed by atoms with Crippen molar-refractivity contribution in [1.82, 2.24) is 0 Å². The van der Waals surface area contributed by atoms with Gasteiger partial charge in [0, 0.05) is 3.57 Å². The quantitative estimate of drug-likeness (QED) is 0.478. The summed E-state index contributed by atoms with van der Waals surface area (Å²) < 4.78 is 13.8. The van der Waals surface area contributed by atoms with Crippen LogP contribution >= 0.6 is 22.6 Å². The lowest BCUT2D eigenvalue weighted by molar-refractivity contribution is 0.398. The van der Waals surface area contributed by atoms with Gasteiger partial charge in [0.05, 0.1) is 11.1 Å². The molecule has 0 N–H and O–H groups in total. The lowest BCUT2D eigenvalue weighted by Gasteiger charge is -2.38. The lowest BCUT2D eigenvalue weighted by Crippen LogP contribution is -2.57. The molecule has 0 aliphatic heterocycles. The van der Waals surface area contributed by atoms with Crippen LogP contribution in [0.1, 0.15) is 11.1 Å². The normalized spacial score (nSPS) is 12.6. The summed E-state index contributed by atoms with van der Waals surface area (Å²) in [4.78, 5) is 0. The second-order valence-corrected chi connectivity index (χ2v) is 20.7. The van der Waals surface area contributed by atoms with Gasteiger partial charge in [-0.05, 0) is 85.7 Å². The van der Waals surface area contributed by atoms with Gasteiger partial charge in [-0.1, -0.05) is 0 Å². The molecule has 4 nitrogen and oxygen atoms in total. The highest BCUT2D eigenvalue weighted by Gasteiger charge is 2.40. The van der Waals surface area contributed by atoms with Crippen LogP contribution in [-0.4, -0.2) is 25.2 Å². The predicted octanol–water partition coefficient (Wildman–Crippen LogP) is 4.02. The number of halogens is 1. The van der Waals surface area contributed by atoms with Crippen LogP contribution in [-0.2, 0) is 8.23 Å². The highest BCUT2D eigenvalue weighted by molar-refractivity contribution is 14.1. The molecular weight excluding hydrogens is 451 g/mol. The minimum Gasteiger partial charge on any atom is -0.437 e. The summed E-state index contributed by atoms with van der Waals surface area (Å²) in [5.74, 6) is 0. The molecule has 1 aromatic carbocycles. The van der Waals surface area contributed by atoms with E-state index in [0.717, 1.165) is 8.76 Å². The molecule has 0 bridgehead atoms. The maximum atomic E-state index is 9.28. The first-order chi connectivity index (χ1) is 10.3. The van der Waals surface area contributed by atoms with Crippen LogP contribution in [0.5, 0.6) is 0 Å². The van der Waals surface area contributed by atoms with Crippen molar-refractivity contribution in [1.29, 1.82) is 10.5 Å². The van der Waals surface area contributed by atoms with Crippen LogP contribution in [0, 0.1) is 26.2 Å². The summed E-state index contributed by atoms with van der Waals surface area (Å²) in [5.41, 5.74) is 0.831. The number of nitrogens with zero attached hydrogens (tertiary/aromatic N) is 2. The molecule has 0 atom stereocenters. The van der Waals surface area contributed by atoms with Crippen molar-refractivity contribution in [2.24, 2.45) is 0 Å². The van der Waals surface area contributed by atoms with E-state index < -0.39 is 25.2 Å². The fourth-order valence-electron chi connectivity index (χ4n) is 2.65. The molecule has 8 heteroatoms. The first kappa shape index (κ1) is 20.5. The third-order valence-electron chi connectivity index (χ3n) is 3.05. The molecule has 23 heavy (non-hydrogen) atoms. The van der Waals surface area contributed by atoms with Crippen molar-refractivity contribution in [3.8, 4) is 12.1 Å². The van der Waals surface area contributed by atoms with Gasteiger partial charge >= 0.3 is 8.56 Å². The number of benzene rings is 1. The fraction of sp³-hybridized carbons (Fsp3) is 0.467. The molecule has 124 valence electrons. The Morgan fingerprint density at radius 2 is 1.35 bits per heavy atom. The summed E-state index contributed by atoms with van der Waals surface area (Å²) in [6.45, 7) is 14.9. The molecule has 0 aromatic heterocycles. The standard InChI is InChI=1S/C15H23IN2O2Si3/c1-21(2,3)19-23(6,7)20-22(4,5)15-9-13(11-18)12(10-17)8-14(15)16/h8-9H,1-7H3. The van der Waals surface area contributed by atoms with Crippen LogP contribution in [0.2, 0.25) is 45.8 Å². The predicted molar refractivity (Wildman–Crippen MR) is 109 cm³/mol. The van der Waals surface area contributed by atoms with Gasteiger partial charge in [-0.2, -0.15) is 10.5 Å². The third kappa shape index (κ3) is 5.81. The van der Waals surface area contributed by atoms with Crippen molar-refractivity contribution in [3.05, 3.63) is 26.8 Å². The Bertz CT molecular complexity index is 686. The van der Waals surface area contributed by atoms with Gasteiger partial charge in [-0.15, -0.1) is 0 Å². The Kier molecular flexibility index (Phi) is 6.40. The molecule has 0 saturated carbocycles. The Hall–Kier alpha value is -0.499. The smallest absolute Gasteiger partial charge is 0.311 e. The van der Waals surface area contributed by atoms with Gasteiger partial charge in [-0.3, -0.25) is 0 Å². The van der Waals surface area contributed by atoms with E-state index in [0.29, 0.717) is 11.1 Å². The molecule has 0 radical (unpaired) electrons. The van der Waals surface area contributed by atoms with E-state index in [1.54, 1.807) is 6.07 Å². The zero-order valence-corrected chi connectivity index (χ0v) is 19.9. The number of hydrogen-bond donors (Lipinski definition) is 0. The molecular formula is C15H23IN2O2Si3. The fourth-order valence-corrected chi connectivity index (χ4v) is 18.0. The molecule has 0 aliphatic rings. The van der Waals surface area contributed by atoms with Gasteiger partial charge in [0.1, 0.15) is 12.1 Å². The molecule has 0 heterocycles. The molecule has 0 fully saturated rings. The highest BCUT2D eigenvalue weighted by atomic mass is 127. The van der Waals surface area contributed by atoms with Gasteiger partial charge in [0.15, 0.2) is 8.32 Å². The molecule has 1 aromatic rings. The first-order valence-electron chi connectivity index (χ1n) is 7.36. The van der Waals surface area contributed by atoms with E-state index in [1.807, 2.05) is 6.07 Å². The topological polar surface area (TPSA) is 66.0 Å². The summed E-state index contributed by atoms with van der Waals surface area (Å²) in [7, 11) is -6.19. The molecule has 0 saturated heterocycles. The minimum absolute atomic E-state index is 0.415. The Balaban J connectivity index is 3.24. The van der Waals surface area contributed by atoms with E-state index in [2.05, 4.69) is 80.6 Å². The Labute approximate surface area is 156 Å². The van der Waals surface area contributed by atoms with E-state index in [4.69, 9.17) is 13.5 Å². The maximum Gasteiger partial charge on any atom is 0.311 e. The van der Waals surface area contributed by atoms with Crippen molar-refractivity contribution < 1.29 is 8.23 Å². The SMILES string of the molecule is C[Si](C)(C)O[Si](C)(C)O[Si](C)(C)c1cc(C#N)c(C#N)cc1I. The monoisotopic (exact) mass is 474 g/mol. The minimum atomic E-state index is -2.26. The van der Waals surface area contributed by atoms with Crippen molar-refractivity contribution in [2.75, 3.05) is 0 Å². The lowest BCUT2D eigenvalue weighted by atomic mass is 10.1. The van der Waals surface area contributed by atoms with E-state index >= 15 is 0 Å². The zero-order chi connectivity index (χ0) is 18.1. The first-order valence-corrected chi connectivity index (χ1v) is 17.6. The Morgan fingerprint density at radius 1 is 0.870 bits per heavy atom. The average molecular weight is 475 g/mol. The summed E-state index contributed by atoms with van der Waals surface area (Å²) in [6.07, 6.45) is 0. The molecule has 0 unspecified atom stereocenters. The van der Waals surface area contributed by atoms with Crippen molar-refractivity contribution in [3.63, 3.8) is 0 Å². The summed E-state index contributed by atoms with van der Waals surface area (Å²) in [6, 6.07) is 7.80. The summed E-state index contributed by atoms with van der Waals surface area (Å²) >= 11 is 2.22. The third-order valence-corrected chi connectivity index (χ3v) is 14.6. The summed E-state index contributed by atoms with van der Waals surface area (Å²) in [5, 5.41) is 19.5. The second kappa shape index (κ2) is 7.17. The van der Waals surface area contributed by atoms with Crippen LogP contribution < -0.4 is 5.19 Å². The van der Waals surface area contributed by atoms with E-state index in [-0.39, 0.29) is 0 Å². The molecule has 1 rings (SSSR count). The van der Waals surface area contributed by atoms with Gasteiger partial charge < -0.3 is 8.23 Å². The van der Waals surface area contributed by atoms with E-state index in [1.165, 1.54) is 0 Å². The van der Waals surface area contributed by atoms with Crippen LogP contribution in [0.25, 0.3) is 0 Å². The Morgan fingerprint density at radius 3 is 1.78 bits per heavy atom. The highest BCUT2D eigenvalue weighted by Crippen LogP contribution is 2.23. The van der Waals surface area contributed by atoms with Gasteiger partial charge in [0.2, 0.25) is 8.32 Å². The van der Waals surface area contributed by atoms with Crippen LogP contribution in [0.3, 0.4) is 0 Å². The van der Waals surface area contributed by atoms with E-state index in [9.17, 15) is 5.26 Å². The number of rotatable bonds is 5. The number of hydrogen-bond acceptors (Lipinski definition) is 4. The van der Waals surface area contributed by atoms with Gasteiger partial charge in [0.25, 0.3) is 0 Å². The zero-order valence-electron chi connectivity index (χ0n) is 14.7. The maximum absolute atomic E-state index is 9.28.